The molecule has 2 aromatic rings. The molecule has 0 aromatic carbocycles. The highest BCUT2D eigenvalue weighted by molar-refractivity contribution is 5.90. The van der Waals surface area contributed by atoms with Crippen LogP contribution in [0, 0.1) is 13.8 Å². The van der Waals surface area contributed by atoms with Gasteiger partial charge < -0.3 is 15.5 Å². The summed E-state index contributed by atoms with van der Waals surface area (Å²) in [6.45, 7) is 6.64. The highest BCUT2D eigenvalue weighted by Gasteiger charge is 2.13. The van der Waals surface area contributed by atoms with Gasteiger partial charge in [0.15, 0.2) is 5.52 Å². The van der Waals surface area contributed by atoms with Gasteiger partial charge in [-0.1, -0.05) is 13.3 Å². The van der Waals surface area contributed by atoms with Gasteiger partial charge in [-0.25, -0.2) is 9.97 Å². The van der Waals surface area contributed by atoms with Crippen molar-refractivity contribution in [1.29, 1.82) is 0 Å². The number of H-pyrrole nitrogens is 1. The molecule has 0 aliphatic heterocycles. The number of hydrogen-bond donors (Lipinski definition) is 2. The number of aromatic nitrogens is 3. The van der Waals surface area contributed by atoms with Gasteiger partial charge in [0.05, 0.1) is 18.0 Å². The topological polar surface area (TPSA) is 76.8 Å². The average molecular weight is 234 g/mol. The van der Waals surface area contributed by atoms with E-state index in [1.165, 1.54) is 0 Å². The highest BCUT2D eigenvalue weighted by Crippen LogP contribution is 2.27. The Morgan fingerprint density at radius 1 is 1.18 bits per heavy atom. The summed E-state index contributed by atoms with van der Waals surface area (Å²) in [4.78, 5) is 11.9. The minimum Gasteiger partial charge on any atom is -0.477 e. The van der Waals surface area contributed by atoms with E-state index in [2.05, 4.69) is 21.9 Å². The van der Waals surface area contributed by atoms with Crippen molar-refractivity contribution in [2.24, 2.45) is 0 Å². The molecule has 0 aliphatic rings. The number of unbranched alkanes of at least 4 members (excludes halogenated alkanes) is 1. The lowest BCUT2D eigenvalue weighted by molar-refractivity contribution is 0.302. The van der Waals surface area contributed by atoms with Gasteiger partial charge in [0.1, 0.15) is 11.3 Å². The zero-order valence-corrected chi connectivity index (χ0v) is 10.5. The quantitative estimate of drug-likeness (QED) is 0.796. The van der Waals surface area contributed by atoms with E-state index in [1.807, 2.05) is 13.8 Å². The molecular weight excluding hydrogens is 216 g/mol. The van der Waals surface area contributed by atoms with Crippen LogP contribution < -0.4 is 10.5 Å². The normalized spacial score (nSPS) is 11.0. The van der Waals surface area contributed by atoms with Crippen molar-refractivity contribution in [2.75, 3.05) is 12.3 Å². The van der Waals surface area contributed by atoms with Crippen molar-refractivity contribution in [2.45, 2.75) is 33.6 Å². The molecule has 0 bridgehead atoms. The molecule has 5 nitrogen and oxygen atoms in total. The molecule has 0 saturated carbocycles. The average Bonchev–Trinajstić information content (AvgIpc) is 2.58. The number of anilines is 1. The molecule has 0 radical (unpaired) electrons. The molecule has 0 amide bonds. The summed E-state index contributed by atoms with van der Waals surface area (Å²) in [5.74, 6) is 1.14. The van der Waals surface area contributed by atoms with Crippen LogP contribution >= 0.6 is 0 Å². The number of nitrogens with two attached hydrogens (primary N) is 1. The van der Waals surface area contributed by atoms with Crippen molar-refractivity contribution >= 4 is 16.9 Å². The summed E-state index contributed by atoms with van der Waals surface area (Å²) in [7, 11) is 0. The van der Waals surface area contributed by atoms with Crippen molar-refractivity contribution in [1.82, 2.24) is 15.0 Å². The second-order valence-electron chi connectivity index (χ2n) is 4.16. The predicted molar refractivity (Wildman–Crippen MR) is 68.2 cm³/mol. The highest BCUT2D eigenvalue weighted by atomic mass is 16.5. The first-order chi connectivity index (χ1) is 8.13. The first-order valence-electron chi connectivity index (χ1n) is 5.88. The van der Waals surface area contributed by atoms with E-state index in [-0.39, 0.29) is 0 Å². The largest absolute Gasteiger partial charge is 0.477 e. The molecular formula is C12H18N4O. The van der Waals surface area contributed by atoms with Crippen LogP contribution in [-0.4, -0.2) is 21.6 Å². The molecule has 2 aromatic heterocycles. The second kappa shape index (κ2) is 4.61. The molecule has 3 N–H and O–H groups in total. The van der Waals surface area contributed by atoms with E-state index in [9.17, 15) is 0 Å². The van der Waals surface area contributed by atoms with E-state index < -0.39 is 0 Å². The van der Waals surface area contributed by atoms with Crippen LogP contribution in [-0.2, 0) is 0 Å². The minimum atomic E-state index is 0.516. The standard InChI is InChI=1S/C12H18N4O/c1-4-5-6-17-12-10-9(11(13)16-12)14-7(2)8(3)15-10/h16H,4-6,13H2,1-3H3. The van der Waals surface area contributed by atoms with Crippen molar-refractivity contribution < 1.29 is 4.74 Å². The third kappa shape index (κ3) is 2.18. The molecule has 0 aliphatic carbocycles. The van der Waals surface area contributed by atoms with E-state index >= 15 is 0 Å². The third-order valence-electron chi connectivity index (χ3n) is 2.77. The number of aryl methyl sites for hydroxylation is 2. The lowest BCUT2D eigenvalue weighted by atomic mass is 10.3. The number of nitrogens with zero attached hydrogens (tertiary/aromatic N) is 2. The van der Waals surface area contributed by atoms with Crippen molar-refractivity contribution in [3.8, 4) is 5.88 Å². The SMILES string of the molecule is CCCCOc1[nH]c(N)c2nc(C)c(C)nc12. The molecule has 0 spiro atoms. The zero-order valence-electron chi connectivity index (χ0n) is 10.5. The zero-order chi connectivity index (χ0) is 12.4. The fourth-order valence-corrected chi connectivity index (χ4v) is 1.61. The van der Waals surface area contributed by atoms with Gasteiger partial charge in [-0.15, -0.1) is 0 Å². The molecule has 0 atom stereocenters. The van der Waals surface area contributed by atoms with Crippen molar-refractivity contribution in [3.63, 3.8) is 0 Å². The Balaban J connectivity index is 2.40. The van der Waals surface area contributed by atoms with Crippen LogP contribution in [0.3, 0.4) is 0 Å². The number of ether oxygens (including phenoxy) is 1. The smallest absolute Gasteiger partial charge is 0.221 e. The molecule has 0 unspecified atom stereocenters. The maximum Gasteiger partial charge on any atom is 0.221 e. The number of fused-ring (bicyclic) bond motifs is 1. The first kappa shape index (κ1) is 11.7. The molecule has 2 rings (SSSR count). The van der Waals surface area contributed by atoms with Crippen LogP contribution in [0.1, 0.15) is 31.2 Å². The summed E-state index contributed by atoms with van der Waals surface area (Å²) in [6, 6.07) is 0. The Morgan fingerprint density at radius 2 is 1.82 bits per heavy atom. The lowest BCUT2D eigenvalue weighted by Crippen LogP contribution is -1.98. The Hall–Kier alpha value is -1.78. The monoisotopic (exact) mass is 234 g/mol. The van der Waals surface area contributed by atoms with Gasteiger partial charge in [-0.2, -0.15) is 0 Å². The van der Waals surface area contributed by atoms with E-state index in [1.54, 1.807) is 0 Å². The molecule has 2 heterocycles. The number of nitrogen functional groups attached to an aromatic ring is 1. The first-order valence-corrected chi connectivity index (χ1v) is 5.88. The number of rotatable bonds is 4. The Kier molecular flexibility index (Phi) is 3.17. The van der Waals surface area contributed by atoms with Crippen molar-refractivity contribution in [3.05, 3.63) is 11.4 Å². The molecule has 0 fully saturated rings. The van der Waals surface area contributed by atoms with Gasteiger partial charge in [-0.05, 0) is 20.3 Å². The number of aromatic amines is 1. The fourth-order valence-electron chi connectivity index (χ4n) is 1.61. The van der Waals surface area contributed by atoms with E-state index in [4.69, 9.17) is 10.5 Å². The Bertz CT molecular complexity index is 533. The maximum absolute atomic E-state index is 5.86. The molecule has 5 heteroatoms. The number of nitrogens with one attached hydrogen (secondary N) is 1. The van der Waals surface area contributed by atoms with Gasteiger partial charge >= 0.3 is 0 Å². The van der Waals surface area contributed by atoms with Gasteiger partial charge in [0.25, 0.3) is 0 Å². The van der Waals surface area contributed by atoms with Crippen LogP contribution in [0.4, 0.5) is 5.82 Å². The summed E-state index contributed by atoms with van der Waals surface area (Å²) >= 11 is 0. The Morgan fingerprint density at radius 3 is 2.47 bits per heavy atom. The van der Waals surface area contributed by atoms with Gasteiger partial charge in [0, 0.05) is 0 Å². The van der Waals surface area contributed by atoms with Crippen LogP contribution in [0.25, 0.3) is 11.0 Å². The summed E-state index contributed by atoms with van der Waals surface area (Å²) in [5.41, 5.74) is 9.07. The predicted octanol–water partition coefficient (Wildman–Crippen LogP) is 2.34. The van der Waals surface area contributed by atoms with Crippen LogP contribution in [0.5, 0.6) is 5.88 Å². The Labute approximate surface area is 100 Å². The summed E-state index contributed by atoms with van der Waals surface area (Å²) in [5, 5.41) is 0. The van der Waals surface area contributed by atoms with Crippen LogP contribution in [0.15, 0.2) is 0 Å². The molecule has 17 heavy (non-hydrogen) atoms. The second-order valence-corrected chi connectivity index (χ2v) is 4.16. The van der Waals surface area contributed by atoms with Crippen LogP contribution in [0.2, 0.25) is 0 Å². The summed E-state index contributed by atoms with van der Waals surface area (Å²) in [6.07, 6.45) is 2.11. The maximum atomic E-state index is 5.86. The third-order valence-corrected chi connectivity index (χ3v) is 2.77. The van der Waals surface area contributed by atoms with Gasteiger partial charge in [-0.3, -0.25) is 0 Å². The lowest BCUT2D eigenvalue weighted by Gasteiger charge is -2.03. The molecule has 92 valence electrons. The van der Waals surface area contributed by atoms with Gasteiger partial charge in [0.2, 0.25) is 5.88 Å². The minimum absolute atomic E-state index is 0.516. The van der Waals surface area contributed by atoms with E-state index in [0.29, 0.717) is 23.8 Å². The fraction of sp³-hybridized carbons (Fsp3) is 0.500. The number of hydrogen-bond acceptors (Lipinski definition) is 4. The summed E-state index contributed by atoms with van der Waals surface area (Å²) < 4.78 is 5.64. The van der Waals surface area contributed by atoms with E-state index in [0.717, 1.165) is 29.7 Å². The molecule has 0 saturated heterocycles.